The lowest BCUT2D eigenvalue weighted by Gasteiger charge is -1.99. The number of halogens is 1. The SMILES string of the molecule is O=S(O)(=CBr)c1ccccc1. The molecule has 0 spiro atoms. The molecule has 0 heterocycles. The zero-order valence-corrected chi connectivity index (χ0v) is 8.01. The molecule has 1 N–H and O–H groups in total. The van der Waals surface area contributed by atoms with Gasteiger partial charge in [-0.1, -0.05) is 18.2 Å². The van der Waals surface area contributed by atoms with Gasteiger partial charge < -0.3 is 4.55 Å². The smallest absolute Gasteiger partial charge is 0.117 e. The number of hydrogen-bond donors (Lipinski definition) is 1. The Kier molecular flexibility index (Phi) is 2.70. The second-order valence-corrected chi connectivity index (χ2v) is 4.88. The van der Waals surface area contributed by atoms with E-state index in [1.54, 1.807) is 30.3 Å². The second-order valence-electron chi connectivity index (χ2n) is 1.97. The van der Waals surface area contributed by atoms with Crippen molar-refractivity contribution < 1.29 is 8.76 Å². The van der Waals surface area contributed by atoms with E-state index in [0.29, 0.717) is 4.90 Å². The minimum absolute atomic E-state index is 0.414. The Labute approximate surface area is 74.2 Å². The molecule has 1 aromatic rings. The van der Waals surface area contributed by atoms with Gasteiger partial charge in [0.1, 0.15) is 9.80 Å². The maximum atomic E-state index is 11.2. The molecule has 1 unspecified atom stereocenters. The van der Waals surface area contributed by atoms with Gasteiger partial charge in [0, 0.05) is 0 Å². The van der Waals surface area contributed by atoms with Crippen molar-refractivity contribution in [1.29, 1.82) is 0 Å². The van der Waals surface area contributed by atoms with Gasteiger partial charge in [0.25, 0.3) is 0 Å². The van der Waals surface area contributed by atoms with E-state index < -0.39 is 9.80 Å². The highest BCUT2D eigenvalue weighted by molar-refractivity contribution is 9.19. The fourth-order valence-electron chi connectivity index (χ4n) is 0.667. The Balaban J connectivity index is 3.25. The van der Waals surface area contributed by atoms with Crippen LogP contribution < -0.4 is 0 Å². The molecule has 0 fully saturated rings. The zero-order valence-electron chi connectivity index (χ0n) is 5.61. The molecule has 1 aromatic carbocycles. The first-order chi connectivity index (χ1) is 5.17. The lowest BCUT2D eigenvalue weighted by Crippen LogP contribution is -1.98. The Morgan fingerprint density at radius 3 is 2.36 bits per heavy atom. The summed E-state index contributed by atoms with van der Waals surface area (Å²) in [5, 5.41) is 0. The molecule has 11 heavy (non-hydrogen) atoms. The molecule has 1 atom stereocenters. The molecule has 0 saturated heterocycles. The largest absolute Gasteiger partial charge is 0.309 e. The predicted octanol–water partition coefficient (Wildman–Crippen LogP) is 1.96. The van der Waals surface area contributed by atoms with E-state index in [2.05, 4.69) is 15.9 Å². The minimum atomic E-state index is -2.96. The number of rotatable bonds is 1. The first-order valence-corrected chi connectivity index (χ1v) is 5.41. The molecule has 0 bridgehead atoms. The van der Waals surface area contributed by atoms with Gasteiger partial charge >= 0.3 is 0 Å². The number of benzene rings is 1. The van der Waals surface area contributed by atoms with Crippen LogP contribution in [0.3, 0.4) is 0 Å². The Morgan fingerprint density at radius 1 is 1.36 bits per heavy atom. The van der Waals surface area contributed by atoms with Gasteiger partial charge in [-0.05, 0) is 28.1 Å². The van der Waals surface area contributed by atoms with Crippen molar-refractivity contribution in [1.82, 2.24) is 0 Å². The van der Waals surface area contributed by atoms with Crippen LogP contribution in [-0.4, -0.2) is 13.0 Å². The molecule has 0 amide bonds. The summed E-state index contributed by atoms with van der Waals surface area (Å²) in [6.07, 6.45) is 0. The summed E-state index contributed by atoms with van der Waals surface area (Å²) < 4.78 is 21.5. The lowest BCUT2D eigenvalue weighted by atomic mass is 10.4. The topological polar surface area (TPSA) is 37.3 Å². The first kappa shape index (κ1) is 8.77. The molecule has 0 aromatic heterocycles. The van der Waals surface area contributed by atoms with Gasteiger partial charge in [-0.3, -0.25) is 0 Å². The van der Waals surface area contributed by atoms with Crippen LogP contribution in [0, 0.1) is 0 Å². The first-order valence-electron chi connectivity index (χ1n) is 2.92. The summed E-state index contributed by atoms with van der Waals surface area (Å²) in [6, 6.07) is 8.47. The highest BCUT2D eigenvalue weighted by Gasteiger charge is 2.02. The van der Waals surface area contributed by atoms with Crippen molar-refractivity contribution in [3.8, 4) is 0 Å². The molecule has 0 aliphatic heterocycles. The fraction of sp³-hybridized carbons (Fsp3) is 0. The van der Waals surface area contributed by atoms with E-state index in [9.17, 15) is 8.76 Å². The summed E-state index contributed by atoms with van der Waals surface area (Å²) in [5.41, 5.74) is 0. The number of hydrogen-bond acceptors (Lipinski definition) is 1. The molecular weight excluding hydrogens is 228 g/mol. The summed E-state index contributed by atoms with van der Waals surface area (Å²) in [4.78, 5) is 0.414. The van der Waals surface area contributed by atoms with Crippen molar-refractivity contribution in [2.45, 2.75) is 4.90 Å². The van der Waals surface area contributed by atoms with Crippen LogP contribution in [0.5, 0.6) is 0 Å². The standard InChI is InChI=1S/C7H7BrO2S/c8-6-11(9,10)7-4-2-1-3-5-7/h1-6H,(H,9,10). The van der Waals surface area contributed by atoms with Crippen LogP contribution in [-0.2, 0) is 9.80 Å². The molecule has 0 radical (unpaired) electrons. The molecular formula is C7H7BrO2S. The molecule has 4 heteroatoms. The Hall–Kier alpha value is -0.320. The van der Waals surface area contributed by atoms with Crippen LogP contribution in [0.25, 0.3) is 0 Å². The van der Waals surface area contributed by atoms with Gasteiger partial charge in [0.15, 0.2) is 0 Å². The van der Waals surface area contributed by atoms with E-state index in [-0.39, 0.29) is 0 Å². The zero-order chi connectivity index (χ0) is 8.32. The monoisotopic (exact) mass is 234 g/mol. The average molecular weight is 235 g/mol. The van der Waals surface area contributed by atoms with E-state index in [4.69, 9.17) is 0 Å². The third-order valence-corrected chi connectivity index (χ3v) is 3.91. The van der Waals surface area contributed by atoms with Crippen LogP contribution in [0.1, 0.15) is 0 Å². The van der Waals surface area contributed by atoms with E-state index in [1.807, 2.05) is 0 Å². The van der Waals surface area contributed by atoms with E-state index >= 15 is 0 Å². The predicted molar refractivity (Wildman–Crippen MR) is 50.5 cm³/mol. The molecule has 2 nitrogen and oxygen atoms in total. The fourth-order valence-corrected chi connectivity index (χ4v) is 1.96. The van der Waals surface area contributed by atoms with Gasteiger partial charge in [0.2, 0.25) is 0 Å². The van der Waals surface area contributed by atoms with Crippen LogP contribution in [0.15, 0.2) is 35.2 Å². The van der Waals surface area contributed by atoms with Crippen LogP contribution in [0.2, 0.25) is 0 Å². The van der Waals surface area contributed by atoms with Crippen molar-refractivity contribution in [3.05, 3.63) is 30.3 Å². The Morgan fingerprint density at radius 2 is 1.91 bits per heavy atom. The third kappa shape index (κ3) is 2.05. The van der Waals surface area contributed by atoms with Crippen molar-refractivity contribution in [2.24, 2.45) is 0 Å². The molecule has 0 saturated carbocycles. The average Bonchev–Trinajstić information content (AvgIpc) is 2.06. The molecule has 0 aliphatic rings. The van der Waals surface area contributed by atoms with Gasteiger partial charge in [0.05, 0.1) is 9.17 Å². The summed E-state index contributed by atoms with van der Waals surface area (Å²) >= 11 is 2.86. The molecule has 60 valence electrons. The van der Waals surface area contributed by atoms with Crippen molar-refractivity contribution >= 4 is 30.0 Å². The Bertz CT molecular complexity index is 339. The van der Waals surface area contributed by atoms with Crippen LogP contribution >= 0.6 is 15.9 Å². The highest BCUT2D eigenvalue weighted by Crippen LogP contribution is 2.07. The van der Waals surface area contributed by atoms with Gasteiger partial charge in [-0.15, -0.1) is 0 Å². The summed E-state index contributed by atoms with van der Waals surface area (Å²) in [6.45, 7) is 0. The van der Waals surface area contributed by atoms with E-state index in [0.717, 1.165) is 4.28 Å². The van der Waals surface area contributed by atoms with Crippen molar-refractivity contribution in [3.63, 3.8) is 0 Å². The lowest BCUT2D eigenvalue weighted by molar-refractivity contribution is 0.560. The maximum absolute atomic E-state index is 11.2. The quantitative estimate of drug-likeness (QED) is 0.596. The normalized spacial score (nSPS) is 15.5. The summed E-state index contributed by atoms with van der Waals surface area (Å²) in [7, 11) is -2.96. The highest BCUT2D eigenvalue weighted by atomic mass is 79.9. The van der Waals surface area contributed by atoms with E-state index in [1.165, 1.54) is 0 Å². The van der Waals surface area contributed by atoms with Crippen LogP contribution in [0.4, 0.5) is 0 Å². The van der Waals surface area contributed by atoms with Gasteiger partial charge in [-0.25, -0.2) is 4.21 Å². The third-order valence-electron chi connectivity index (χ3n) is 1.20. The molecule has 0 aliphatic carbocycles. The molecule has 1 rings (SSSR count). The summed E-state index contributed by atoms with van der Waals surface area (Å²) in [5.74, 6) is 0. The second kappa shape index (κ2) is 3.38. The maximum Gasteiger partial charge on any atom is 0.117 e. The van der Waals surface area contributed by atoms with Crippen molar-refractivity contribution in [2.75, 3.05) is 0 Å². The van der Waals surface area contributed by atoms with Gasteiger partial charge in [-0.2, -0.15) is 0 Å². The minimum Gasteiger partial charge on any atom is -0.309 e.